The molecule has 1 aromatic rings. The van der Waals surface area contributed by atoms with Crippen molar-refractivity contribution in [2.75, 3.05) is 0 Å². The molecule has 1 nitrogen and oxygen atoms in total. The van der Waals surface area contributed by atoms with E-state index in [1.807, 2.05) is 0 Å². The molecule has 0 amide bonds. The van der Waals surface area contributed by atoms with Gasteiger partial charge in [-0.2, -0.15) is 13.2 Å². The summed E-state index contributed by atoms with van der Waals surface area (Å²) >= 11 is 0. The third-order valence-electron chi connectivity index (χ3n) is 2.00. The molecule has 0 aliphatic carbocycles. The van der Waals surface area contributed by atoms with E-state index in [-0.39, 0.29) is 0 Å². The van der Waals surface area contributed by atoms with Crippen LogP contribution in [0.25, 0.3) is 0 Å². The van der Waals surface area contributed by atoms with Gasteiger partial charge >= 0.3 is 6.18 Å². The van der Waals surface area contributed by atoms with Gasteiger partial charge in [0.1, 0.15) is 17.1 Å². The van der Waals surface area contributed by atoms with E-state index in [1.165, 1.54) is 0 Å². The van der Waals surface area contributed by atoms with E-state index in [0.29, 0.717) is 12.5 Å². The SMILES string of the molecule is [CH2]C(CC)Oc1ccc(F)cc1C(F)(F)F. The summed E-state index contributed by atoms with van der Waals surface area (Å²) in [5.41, 5.74) is -1.12. The Morgan fingerprint density at radius 2 is 2.00 bits per heavy atom. The van der Waals surface area contributed by atoms with Crippen LogP contribution in [0.4, 0.5) is 17.6 Å². The maximum Gasteiger partial charge on any atom is 0.420 e. The molecule has 0 heterocycles. The van der Waals surface area contributed by atoms with E-state index in [2.05, 4.69) is 6.92 Å². The van der Waals surface area contributed by atoms with E-state index in [9.17, 15) is 17.6 Å². The monoisotopic (exact) mass is 235 g/mol. The predicted molar refractivity (Wildman–Crippen MR) is 51.5 cm³/mol. The van der Waals surface area contributed by atoms with Crippen molar-refractivity contribution < 1.29 is 22.3 Å². The van der Waals surface area contributed by atoms with Gasteiger partial charge in [0.05, 0.1) is 6.10 Å². The minimum absolute atomic E-state index is 0.393. The third kappa shape index (κ3) is 3.12. The lowest BCUT2D eigenvalue weighted by atomic mass is 10.2. The third-order valence-corrected chi connectivity index (χ3v) is 2.00. The number of halogens is 4. The molecular weight excluding hydrogens is 224 g/mol. The van der Waals surface area contributed by atoms with Crippen LogP contribution in [0.2, 0.25) is 0 Å². The zero-order valence-electron chi connectivity index (χ0n) is 8.64. The van der Waals surface area contributed by atoms with Crippen LogP contribution in [0, 0.1) is 12.7 Å². The summed E-state index contributed by atoms with van der Waals surface area (Å²) in [5, 5.41) is 0. The van der Waals surface area contributed by atoms with E-state index in [4.69, 9.17) is 4.74 Å². The van der Waals surface area contributed by atoms with Gasteiger partial charge in [-0.1, -0.05) is 6.92 Å². The number of hydrogen-bond acceptors (Lipinski definition) is 1. The molecule has 16 heavy (non-hydrogen) atoms. The minimum Gasteiger partial charge on any atom is -0.490 e. The number of hydrogen-bond donors (Lipinski definition) is 0. The van der Waals surface area contributed by atoms with Gasteiger partial charge in [-0.3, -0.25) is 0 Å². The average Bonchev–Trinajstić information content (AvgIpc) is 2.19. The Morgan fingerprint density at radius 1 is 1.38 bits per heavy atom. The first-order valence-electron chi connectivity index (χ1n) is 4.71. The van der Waals surface area contributed by atoms with E-state index in [0.717, 1.165) is 12.1 Å². The first-order chi connectivity index (χ1) is 7.34. The minimum atomic E-state index is -4.63. The normalized spacial score (nSPS) is 13.6. The molecule has 0 saturated carbocycles. The second-order valence-electron chi connectivity index (χ2n) is 3.29. The lowest BCUT2D eigenvalue weighted by molar-refractivity contribution is -0.139. The van der Waals surface area contributed by atoms with Crippen LogP contribution in [-0.2, 0) is 6.18 Å². The van der Waals surface area contributed by atoms with Crippen LogP contribution < -0.4 is 4.74 Å². The molecule has 0 aliphatic heterocycles. The van der Waals surface area contributed by atoms with Crippen LogP contribution >= 0.6 is 0 Å². The lowest BCUT2D eigenvalue weighted by Gasteiger charge is -2.17. The summed E-state index contributed by atoms with van der Waals surface area (Å²) < 4.78 is 55.3. The Morgan fingerprint density at radius 3 is 2.50 bits per heavy atom. The number of ether oxygens (including phenoxy) is 1. The van der Waals surface area contributed by atoms with E-state index >= 15 is 0 Å². The first kappa shape index (κ1) is 12.8. The van der Waals surface area contributed by atoms with Crippen molar-refractivity contribution in [3.63, 3.8) is 0 Å². The Labute approximate surface area is 91.0 Å². The van der Waals surface area contributed by atoms with Crippen LogP contribution in [0.1, 0.15) is 18.9 Å². The standard InChI is InChI=1S/C11H11F4O/c1-3-7(2)16-10-5-4-8(12)6-9(10)11(13,14)15/h4-7H,2-3H2,1H3. The molecule has 0 aromatic heterocycles. The zero-order valence-corrected chi connectivity index (χ0v) is 8.64. The van der Waals surface area contributed by atoms with Crippen molar-refractivity contribution in [3.05, 3.63) is 36.5 Å². The van der Waals surface area contributed by atoms with Gasteiger partial charge in [0.15, 0.2) is 0 Å². The molecule has 1 atom stereocenters. The Hall–Kier alpha value is -1.26. The topological polar surface area (TPSA) is 9.23 Å². The maximum atomic E-state index is 12.7. The highest BCUT2D eigenvalue weighted by atomic mass is 19.4. The molecule has 1 aromatic carbocycles. The molecule has 0 N–H and O–H groups in total. The van der Waals surface area contributed by atoms with Crippen LogP contribution in [0.3, 0.4) is 0 Å². The maximum absolute atomic E-state index is 12.7. The van der Waals surface area contributed by atoms with Crippen LogP contribution in [0.15, 0.2) is 18.2 Å². The van der Waals surface area contributed by atoms with E-state index in [1.54, 1.807) is 6.92 Å². The van der Waals surface area contributed by atoms with Crippen molar-refractivity contribution >= 4 is 0 Å². The summed E-state index contributed by atoms with van der Waals surface area (Å²) in [7, 11) is 0. The Kier molecular flexibility index (Phi) is 3.78. The van der Waals surface area contributed by atoms with Crippen molar-refractivity contribution in [1.82, 2.24) is 0 Å². The van der Waals surface area contributed by atoms with Crippen LogP contribution in [-0.4, -0.2) is 6.10 Å². The molecule has 0 fully saturated rings. The number of alkyl halides is 3. The van der Waals surface area contributed by atoms with Gasteiger partial charge < -0.3 is 4.74 Å². The second kappa shape index (κ2) is 4.72. The molecule has 1 radical (unpaired) electrons. The molecular formula is C11H11F4O. The fourth-order valence-electron chi connectivity index (χ4n) is 1.09. The van der Waals surface area contributed by atoms with Gasteiger partial charge in [0, 0.05) is 0 Å². The highest BCUT2D eigenvalue weighted by Gasteiger charge is 2.35. The molecule has 1 unspecified atom stereocenters. The van der Waals surface area contributed by atoms with Gasteiger partial charge in [0.2, 0.25) is 0 Å². The fourth-order valence-corrected chi connectivity index (χ4v) is 1.09. The molecule has 89 valence electrons. The molecule has 0 aliphatic rings. The summed E-state index contributed by atoms with van der Waals surface area (Å²) in [6, 6.07) is 2.30. The van der Waals surface area contributed by atoms with Crippen molar-refractivity contribution in [3.8, 4) is 5.75 Å². The summed E-state index contributed by atoms with van der Waals surface area (Å²) in [4.78, 5) is 0. The first-order valence-corrected chi connectivity index (χ1v) is 4.71. The van der Waals surface area contributed by atoms with Crippen molar-refractivity contribution in [1.29, 1.82) is 0 Å². The van der Waals surface area contributed by atoms with Crippen molar-refractivity contribution in [2.24, 2.45) is 0 Å². The van der Waals surface area contributed by atoms with Gasteiger partial charge in [-0.05, 0) is 31.5 Å². The molecule has 0 bridgehead atoms. The predicted octanol–water partition coefficient (Wildman–Crippen LogP) is 3.84. The molecule has 5 heteroatoms. The quantitative estimate of drug-likeness (QED) is 0.723. The summed E-state index contributed by atoms with van der Waals surface area (Å²) in [5.74, 6) is -1.34. The number of benzene rings is 1. The van der Waals surface area contributed by atoms with Gasteiger partial charge in [-0.25, -0.2) is 4.39 Å². The van der Waals surface area contributed by atoms with Crippen LogP contribution in [0.5, 0.6) is 5.75 Å². The molecule has 1 rings (SSSR count). The smallest absolute Gasteiger partial charge is 0.420 e. The highest BCUT2D eigenvalue weighted by Crippen LogP contribution is 2.37. The second-order valence-corrected chi connectivity index (χ2v) is 3.29. The highest BCUT2D eigenvalue weighted by molar-refractivity contribution is 5.36. The van der Waals surface area contributed by atoms with Gasteiger partial charge in [0.25, 0.3) is 0 Å². The largest absolute Gasteiger partial charge is 0.490 e. The fraction of sp³-hybridized carbons (Fsp3) is 0.364. The molecule has 0 saturated heterocycles. The number of rotatable bonds is 3. The molecule has 0 spiro atoms. The summed E-state index contributed by atoms with van der Waals surface area (Å²) in [6.45, 7) is 5.24. The average molecular weight is 235 g/mol. The summed E-state index contributed by atoms with van der Waals surface area (Å²) in [6.07, 6.45) is -4.76. The Balaban J connectivity index is 3.08. The van der Waals surface area contributed by atoms with E-state index < -0.39 is 29.4 Å². The lowest BCUT2D eigenvalue weighted by Crippen LogP contribution is -2.15. The zero-order chi connectivity index (χ0) is 12.3. The van der Waals surface area contributed by atoms with Crippen molar-refractivity contribution in [2.45, 2.75) is 25.6 Å². The Bertz CT molecular complexity index is 359. The van der Waals surface area contributed by atoms with Gasteiger partial charge in [-0.15, -0.1) is 0 Å².